The molecular weight excluding hydrogens is 284 g/mol. The second-order valence-electron chi connectivity index (χ2n) is 5.59. The van der Waals surface area contributed by atoms with Gasteiger partial charge in [0.05, 0.1) is 11.6 Å². The van der Waals surface area contributed by atoms with Crippen LogP contribution in [0, 0.1) is 5.92 Å². The molecule has 2 rings (SSSR count). The lowest BCUT2D eigenvalue weighted by Crippen LogP contribution is -2.42. The Bertz CT molecular complexity index is 588. The van der Waals surface area contributed by atoms with Crippen LogP contribution in [0.2, 0.25) is 0 Å². The number of likely N-dealkylation sites (N-methyl/N-ethyl adjacent to an activating group) is 1. The fourth-order valence-corrected chi connectivity index (χ4v) is 2.52. The quantitative estimate of drug-likeness (QED) is 0.900. The average Bonchev–Trinajstić information content (AvgIpc) is 2.50. The maximum Gasteiger partial charge on any atom is 0.308 e. The lowest BCUT2D eigenvalue weighted by molar-refractivity contribution is -0.140. The monoisotopic (exact) mass is 306 g/mol. The molecule has 0 fully saturated rings. The zero-order valence-electron chi connectivity index (χ0n) is 13.4. The van der Waals surface area contributed by atoms with E-state index in [0.29, 0.717) is 24.5 Å². The molecule has 0 spiro atoms. The van der Waals surface area contributed by atoms with Crippen LogP contribution in [0.15, 0.2) is 18.2 Å². The molecule has 6 nitrogen and oxygen atoms in total. The maximum atomic E-state index is 12.0. The number of hydrogen-bond donors (Lipinski definition) is 1. The number of ether oxygens (including phenoxy) is 1. The Kier molecular flexibility index (Phi) is 4.59. The van der Waals surface area contributed by atoms with Crippen LogP contribution in [0.3, 0.4) is 0 Å². The van der Waals surface area contributed by atoms with E-state index in [4.69, 9.17) is 9.84 Å². The number of carboxylic acid groups (broad SMARTS) is 1. The Hall–Kier alpha value is -2.24. The summed E-state index contributed by atoms with van der Waals surface area (Å²) in [5, 5.41) is 9.07. The number of carboxylic acids is 1. The van der Waals surface area contributed by atoms with Crippen LogP contribution in [0.1, 0.15) is 20.8 Å². The van der Waals surface area contributed by atoms with Crippen molar-refractivity contribution in [2.24, 2.45) is 5.92 Å². The van der Waals surface area contributed by atoms with Crippen molar-refractivity contribution in [1.29, 1.82) is 0 Å². The molecule has 1 heterocycles. The molecule has 1 amide bonds. The van der Waals surface area contributed by atoms with Crippen LogP contribution in [0.25, 0.3) is 0 Å². The van der Waals surface area contributed by atoms with Gasteiger partial charge >= 0.3 is 5.97 Å². The molecule has 2 unspecified atom stereocenters. The van der Waals surface area contributed by atoms with E-state index in [0.717, 1.165) is 5.69 Å². The lowest BCUT2D eigenvalue weighted by Gasteiger charge is -2.32. The molecule has 0 saturated carbocycles. The number of fused-ring (bicyclic) bond motifs is 1. The predicted octanol–water partition coefficient (Wildman–Crippen LogP) is 1.98. The van der Waals surface area contributed by atoms with E-state index < -0.39 is 18.0 Å². The molecule has 1 aliphatic rings. The summed E-state index contributed by atoms with van der Waals surface area (Å²) in [7, 11) is 1.72. The van der Waals surface area contributed by atoms with E-state index in [9.17, 15) is 9.59 Å². The molecule has 0 aromatic heterocycles. The first-order valence-electron chi connectivity index (χ1n) is 7.41. The van der Waals surface area contributed by atoms with Gasteiger partial charge in [-0.25, -0.2) is 0 Å². The van der Waals surface area contributed by atoms with Crippen molar-refractivity contribution >= 4 is 23.3 Å². The van der Waals surface area contributed by atoms with Crippen molar-refractivity contribution in [3.05, 3.63) is 18.2 Å². The Morgan fingerprint density at radius 3 is 2.77 bits per heavy atom. The molecule has 22 heavy (non-hydrogen) atoms. The maximum absolute atomic E-state index is 12.0. The van der Waals surface area contributed by atoms with Gasteiger partial charge in [0.1, 0.15) is 5.75 Å². The molecule has 1 aromatic carbocycles. The van der Waals surface area contributed by atoms with Gasteiger partial charge in [-0.05, 0) is 32.0 Å². The fraction of sp³-hybridized carbons (Fsp3) is 0.500. The number of anilines is 2. The first kappa shape index (κ1) is 16.1. The van der Waals surface area contributed by atoms with E-state index >= 15 is 0 Å². The summed E-state index contributed by atoms with van der Waals surface area (Å²) in [6.45, 7) is 6.48. The van der Waals surface area contributed by atoms with Crippen LogP contribution in [-0.2, 0) is 9.59 Å². The van der Waals surface area contributed by atoms with Gasteiger partial charge < -0.3 is 19.6 Å². The smallest absolute Gasteiger partial charge is 0.308 e. The van der Waals surface area contributed by atoms with Crippen LogP contribution in [0.5, 0.6) is 5.75 Å². The summed E-state index contributed by atoms with van der Waals surface area (Å²) in [6.07, 6.45) is -0.488. The number of nitrogens with zero attached hydrogens (tertiary/aromatic N) is 2. The van der Waals surface area contributed by atoms with Gasteiger partial charge in [0.25, 0.3) is 5.91 Å². The third-order valence-electron chi connectivity index (χ3n) is 3.95. The third-order valence-corrected chi connectivity index (χ3v) is 3.95. The number of aliphatic carboxylic acids is 1. The minimum absolute atomic E-state index is 0.0911. The lowest BCUT2D eigenvalue weighted by atomic mass is 10.1. The van der Waals surface area contributed by atoms with Gasteiger partial charge in [0.15, 0.2) is 6.10 Å². The first-order valence-corrected chi connectivity index (χ1v) is 7.41. The van der Waals surface area contributed by atoms with Gasteiger partial charge in [0.2, 0.25) is 0 Å². The van der Waals surface area contributed by atoms with Crippen molar-refractivity contribution in [3.63, 3.8) is 0 Å². The van der Waals surface area contributed by atoms with E-state index in [2.05, 4.69) is 0 Å². The molecule has 1 aromatic rings. The molecular formula is C16H22N2O4. The Morgan fingerprint density at radius 1 is 1.50 bits per heavy atom. The van der Waals surface area contributed by atoms with Gasteiger partial charge in [-0.2, -0.15) is 0 Å². The summed E-state index contributed by atoms with van der Waals surface area (Å²) in [5.41, 5.74) is 1.59. The third kappa shape index (κ3) is 3.00. The van der Waals surface area contributed by atoms with E-state index in [1.165, 1.54) is 0 Å². The molecule has 1 aliphatic heterocycles. The summed E-state index contributed by atoms with van der Waals surface area (Å²) < 4.78 is 5.60. The molecule has 0 aliphatic carbocycles. The highest BCUT2D eigenvalue weighted by Crippen LogP contribution is 2.36. The van der Waals surface area contributed by atoms with Gasteiger partial charge in [0, 0.05) is 25.8 Å². The summed E-state index contributed by atoms with van der Waals surface area (Å²) >= 11 is 0. The van der Waals surface area contributed by atoms with Crippen molar-refractivity contribution < 1.29 is 19.4 Å². The highest BCUT2D eigenvalue weighted by Gasteiger charge is 2.29. The molecule has 0 radical (unpaired) electrons. The minimum atomic E-state index is -0.819. The SMILES string of the molecule is CCN(CC(C)C(=O)O)c1ccc2c(c1)N(C)C(=O)C(C)O2. The van der Waals surface area contributed by atoms with Crippen LogP contribution < -0.4 is 14.5 Å². The predicted molar refractivity (Wildman–Crippen MR) is 84.6 cm³/mol. The summed E-state index contributed by atoms with van der Waals surface area (Å²) in [5.74, 6) is -0.709. The number of rotatable bonds is 5. The number of amides is 1. The zero-order chi connectivity index (χ0) is 16.4. The van der Waals surface area contributed by atoms with Crippen molar-refractivity contribution in [2.75, 3.05) is 29.9 Å². The van der Waals surface area contributed by atoms with Crippen molar-refractivity contribution in [1.82, 2.24) is 0 Å². The zero-order valence-corrected chi connectivity index (χ0v) is 13.4. The highest BCUT2D eigenvalue weighted by atomic mass is 16.5. The molecule has 6 heteroatoms. The number of carbonyl (C=O) groups excluding carboxylic acids is 1. The van der Waals surface area contributed by atoms with Gasteiger partial charge in [-0.3, -0.25) is 9.59 Å². The normalized spacial score (nSPS) is 18.5. The second-order valence-corrected chi connectivity index (χ2v) is 5.59. The first-order chi connectivity index (χ1) is 10.3. The number of benzene rings is 1. The molecule has 0 bridgehead atoms. The standard InChI is InChI=1S/C16H22N2O4/c1-5-18(9-10(2)16(20)21)12-6-7-14-13(8-12)17(4)15(19)11(3)22-14/h6-8,10-11H,5,9H2,1-4H3,(H,20,21). The second kappa shape index (κ2) is 6.25. The molecule has 1 N–H and O–H groups in total. The van der Waals surface area contributed by atoms with Crippen molar-refractivity contribution in [2.45, 2.75) is 26.9 Å². The van der Waals surface area contributed by atoms with Gasteiger partial charge in [-0.1, -0.05) is 6.92 Å². The Morgan fingerprint density at radius 2 is 2.18 bits per heavy atom. The Labute approximate surface area is 130 Å². The number of carbonyl (C=O) groups is 2. The van der Waals surface area contributed by atoms with E-state index in [-0.39, 0.29) is 5.91 Å². The average molecular weight is 306 g/mol. The summed E-state index contributed by atoms with van der Waals surface area (Å²) in [6, 6.07) is 5.60. The number of hydrogen-bond acceptors (Lipinski definition) is 4. The van der Waals surface area contributed by atoms with Crippen molar-refractivity contribution in [3.8, 4) is 5.75 Å². The molecule has 2 atom stereocenters. The fourth-order valence-electron chi connectivity index (χ4n) is 2.52. The van der Waals surface area contributed by atoms with E-state index in [1.807, 2.05) is 30.0 Å². The van der Waals surface area contributed by atoms with Gasteiger partial charge in [-0.15, -0.1) is 0 Å². The van der Waals surface area contributed by atoms with Crippen LogP contribution in [-0.4, -0.2) is 43.2 Å². The van der Waals surface area contributed by atoms with E-state index in [1.54, 1.807) is 25.8 Å². The largest absolute Gasteiger partial charge is 0.481 e. The molecule has 120 valence electrons. The van der Waals surface area contributed by atoms with Crippen LogP contribution in [0.4, 0.5) is 11.4 Å². The Balaban J connectivity index is 2.29. The highest BCUT2D eigenvalue weighted by molar-refractivity contribution is 5.99. The summed E-state index contributed by atoms with van der Waals surface area (Å²) in [4.78, 5) is 26.6. The minimum Gasteiger partial charge on any atom is -0.481 e. The molecule has 0 saturated heterocycles. The topological polar surface area (TPSA) is 70.1 Å². The van der Waals surface area contributed by atoms with Crippen LogP contribution >= 0.6 is 0 Å².